The van der Waals surface area contributed by atoms with Gasteiger partial charge in [0.05, 0.1) is 0 Å². The quantitative estimate of drug-likeness (QED) is 0.811. The van der Waals surface area contributed by atoms with Crippen molar-refractivity contribution < 1.29 is 0 Å². The van der Waals surface area contributed by atoms with Gasteiger partial charge < -0.3 is 10.6 Å². The first-order chi connectivity index (χ1) is 7.66. The Morgan fingerprint density at radius 3 is 2.75 bits per heavy atom. The zero-order valence-electron chi connectivity index (χ0n) is 9.27. The number of rotatable bonds is 2. The van der Waals surface area contributed by atoms with E-state index in [-0.39, 0.29) is 0 Å². The number of hydrogen-bond acceptors (Lipinski definition) is 4. The molecule has 0 atom stereocenters. The minimum atomic E-state index is 0.443. The third kappa shape index (κ3) is 2.65. The average molecular weight is 253 g/mol. The lowest BCUT2D eigenvalue weighted by atomic mass is 10.2. The Labute approximate surface area is 105 Å². The summed E-state index contributed by atoms with van der Waals surface area (Å²) in [6.07, 6.45) is 0. The van der Waals surface area contributed by atoms with Crippen molar-refractivity contribution in [3.05, 3.63) is 23.4 Å². The Balaban J connectivity index is 2.28. The van der Waals surface area contributed by atoms with Crippen LogP contribution in [0.2, 0.25) is 0 Å². The van der Waals surface area contributed by atoms with Crippen molar-refractivity contribution in [3.63, 3.8) is 0 Å². The third-order valence-electron chi connectivity index (χ3n) is 2.56. The molecule has 16 heavy (non-hydrogen) atoms. The van der Waals surface area contributed by atoms with Gasteiger partial charge in [-0.3, -0.25) is 0 Å². The molecule has 0 radical (unpaired) electrons. The summed E-state index contributed by atoms with van der Waals surface area (Å²) in [6.45, 7) is 4.08. The van der Waals surface area contributed by atoms with Gasteiger partial charge in [0.2, 0.25) is 0 Å². The summed E-state index contributed by atoms with van der Waals surface area (Å²) < 4.78 is 0. The monoisotopic (exact) mass is 253 g/mol. The van der Waals surface area contributed by atoms with Gasteiger partial charge >= 0.3 is 0 Å². The lowest BCUT2D eigenvalue weighted by Crippen LogP contribution is -2.33. The van der Waals surface area contributed by atoms with Crippen molar-refractivity contribution in [2.45, 2.75) is 6.92 Å². The van der Waals surface area contributed by atoms with Gasteiger partial charge in [0.25, 0.3) is 0 Å². The molecule has 1 aliphatic heterocycles. The van der Waals surface area contributed by atoms with E-state index in [9.17, 15) is 0 Å². The maximum Gasteiger partial charge on any atom is 0.129 e. The van der Waals surface area contributed by atoms with Gasteiger partial charge in [-0.2, -0.15) is 11.8 Å². The average Bonchev–Trinajstić information content (AvgIpc) is 2.29. The Morgan fingerprint density at radius 2 is 2.12 bits per heavy atom. The van der Waals surface area contributed by atoms with Gasteiger partial charge in [-0.15, -0.1) is 0 Å². The molecule has 2 rings (SSSR count). The Hall–Kier alpha value is -0.810. The number of thiocarbonyl (C=S) groups is 1. The van der Waals surface area contributed by atoms with E-state index >= 15 is 0 Å². The number of aromatic nitrogens is 1. The van der Waals surface area contributed by atoms with Gasteiger partial charge in [0.1, 0.15) is 10.8 Å². The fourth-order valence-electron chi connectivity index (χ4n) is 1.75. The molecule has 1 aromatic rings. The van der Waals surface area contributed by atoms with Crippen LogP contribution in [0.15, 0.2) is 12.1 Å². The maximum absolute atomic E-state index is 5.66. The zero-order valence-corrected chi connectivity index (χ0v) is 10.9. The number of anilines is 1. The SMILES string of the molecule is Cc1cc(C(N)=S)cc(N2CCSCC2)n1. The van der Waals surface area contributed by atoms with E-state index in [0.717, 1.165) is 41.7 Å². The highest BCUT2D eigenvalue weighted by molar-refractivity contribution is 7.99. The Morgan fingerprint density at radius 1 is 1.44 bits per heavy atom. The number of nitrogens with zero attached hydrogens (tertiary/aromatic N) is 2. The molecule has 5 heteroatoms. The first kappa shape index (κ1) is 11.7. The van der Waals surface area contributed by atoms with Gasteiger partial charge in [0, 0.05) is 35.9 Å². The normalized spacial score (nSPS) is 16.2. The fraction of sp³-hybridized carbons (Fsp3) is 0.455. The second-order valence-electron chi connectivity index (χ2n) is 3.82. The lowest BCUT2D eigenvalue weighted by Gasteiger charge is -2.28. The molecule has 0 saturated carbocycles. The van der Waals surface area contributed by atoms with E-state index in [1.165, 1.54) is 0 Å². The number of nitrogens with two attached hydrogens (primary N) is 1. The highest BCUT2D eigenvalue weighted by Gasteiger charge is 2.13. The molecule has 1 aromatic heterocycles. The second-order valence-corrected chi connectivity index (χ2v) is 5.48. The second kappa shape index (κ2) is 5.01. The molecule has 2 N–H and O–H groups in total. The summed E-state index contributed by atoms with van der Waals surface area (Å²) in [5.74, 6) is 3.33. The van der Waals surface area contributed by atoms with E-state index in [2.05, 4.69) is 9.88 Å². The number of pyridine rings is 1. The molecule has 0 spiro atoms. The standard InChI is InChI=1S/C11H15N3S2/c1-8-6-9(11(12)15)7-10(13-8)14-2-4-16-5-3-14/h6-7H,2-5H2,1H3,(H2,12,15). The van der Waals surface area contributed by atoms with Gasteiger partial charge in [-0.25, -0.2) is 4.98 Å². The van der Waals surface area contributed by atoms with Crippen LogP contribution in [-0.2, 0) is 0 Å². The zero-order chi connectivity index (χ0) is 11.5. The van der Waals surface area contributed by atoms with Crippen LogP contribution in [0.25, 0.3) is 0 Å². The van der Waals surface area contributed by atoms with Crippen LogP contribution in [0.1, 0.15) is 11.3 Å². The molecule has 1 aliphatic rings. The van der Waals surface area contributed by atoms with Crippen molar-refractivity contribution >= 4 is 34.8 Å². The van der Waals surface area contributed by atoms with Gasteiger partial charge in [0.15, 0.2) is 0 Å². The van der Waals surface area contributed by atoms with Crippen LogP contribution >= 0.6 is 24.0 Å². The van der Waals surface area contributed by atoms with Crippen LogP contribution in [0.4, 0.5) is 5.82 Å². The third-order valence-corrected chi connectivity index (χ3v) is 3.74. The van der Waals surface area contributed by atoms with E-state index in [1.807, 2.05) is 30.8 Å². The minimum Gasteiger partial charge on any atom is -0.389 e. The molecule has 3 nitrogen and oxygen atoms in total. The van der Waals surface area contributed by atoms with E-state index in [1.54, 1.807) is 0 Å². The van der Waals surface area contributed by atoms with Crippen molar-refractivity contribution in [1.82, 2.24) is 4.98 Å². The van der Waals surface area contributed by atoms with Crippen LogP contribution in [0.3, 0.4) is 0 Å². The summed E-state index contributed by atoms with van der Waals surface area (Å²) >= 11 is 7.00. The van der Waals surface area contributed by atoms with E-state index in [0.29, 0.717) is 4.99 Å². The molecule has 0 aromatic carbocycles. The van der Waals surface area contributed by atoms with Crippen LogP contribution in [0, 0.1) is 6.92 Å². The smallest absolute Gasteiger partial charge is 0.129 e. The fourth-order valence-corrected chi connectivity index (χ4v) is 2.77. The highest BCUT2D eigenvalue weighted by atomic mass is 32.2. The maximum atomic E-state index is 5.66. The van der Waals surface area contributed by atoms with Crippen molar-refractivity contribution in [3.8, 4) is 0 Å². The molecular weight excluding hydrogens is 238 g/mol. The summed E-state index contributed by atoms with van der Waals surface area (Å²) in [5, 5.41) is 0. The first-order valence-electron chi connectivity index (χ1n) is 5.28. The largest absolute Gasteiger partial charge is 0.389 e. The van der Waals surface area contributed by atoms with Crippen LogP contribution in [0.5, 0.6) is 0 Å². The number of aryl methyl sites for hydroxylation is 1. The Kier molecular flexibility index (Phi) is 3.66. The molecule has 1 fully saturated rings. The van der Waals surface area contributed by atoms with E-state index in [4.69, 9.17) is 18.0 Å². The molecule has 86 valence electrons. The number of hydrogen-bond donors (Lipinski definition) is 1. The Bertz CT molecular complexity index is 400. The molecule has 0 bridgehead atoms. The van der Waals surface area contributed by atoms with Crippen molar-refractivity contribution in [2.75, 3.05) is 29.5 Å². The van der Waals surface area contributed by atoms with Gasteiger partial charge in [-0.05, 0) is 19.1 Å². The molecular formula is C11H15N3S2. The summed E-state index contributed by atoms with van der Waals surface area (Å²) in [6, 6.07) is 3.93. The van der Waals surface area contributed by atoms with Crippen LogP contribution in [-0.4, -0.2) is 34.6 Å². The minimum absolute atomic E-state index is 0.443. The predicted octanol–water partition coefficient (Wildman–Crippen LogP) is 1.58. The summed E-state index contributed by atoms with van der Waals surface area (Å²) in [7, 11) is 0. The summed E-state index contributed by atoms with van der Waals surface area (Å²) in [5.41, 5.74) is 7.55. The highest BCUT2D eigenvalue weighted by Crippen LogP contribution is 2.19. The molecule has 0 amide bonds. The van der Waals surface area contributed by atoms with Crippen molar-refractivity contribution in [1.29, 1.82) is 0 Å². The van der Waals surface area contributed by atoms with Gasteiger partial charge in [-0.1, -0.05) is 12.2 Å². The molecule has 0 aliphatic carbocycles. The predicted molar refractivity (Wildman–Crippen MR) is 74.4 cm³/mol. The molecule has 1 saturated heterocycles. The summed E-state index contributed by atoms with van der Waals surface area (Å²) in [4.78, 5) is 7.28. The number of thioether (sulfide) groups is 1. The molecule has 0 unspecified atom stereocenters. The topological polar surface area (TPSA) is 42.1 Å². The van der Waals surface area contributed by atoms with Crippen molar-refractivity contribution in [2.24, 2.45) is 5.73 Å². The molecule has 2 heterocycles. The lowest BCUT2D eigenvalue weighted by molar-refractivity contribution is 0.835. The van der Waals surface area contributed by atoms with Crippen LogP contribution < -0.4 is 10.6 Å². The first-order valence-corrected chi connectivity index (χ1v) is 6.84. The van der Waals surface area contributed by atoms with E-state index < -0.39 is 0 Å².